The summed E-state index contributed by atoms with van der Waals surface area (Å²) in [5, 5.41) is 0. The van der Waals surface area contributed by atoms with Crippen LogP contribution < -0.4 is 5.73 Å². The van der Waals surface area contributed by atoms with E-state index in [9.17, 15) is 0 Å². The van der Waals surface area contributed by atoms with Gasteiger partial charge in [0.25, 0.3) is 0 Å². The van der Waals surface area contributed by atoms with Gasteiger partial charge in [0.2, 0.25) is 0 Å². The molecule has 0 aromatic rings. The smallest absolute Gasteiger partial charge is 0.00773 e. The first-order chi connectivity index (χ1) is 8.41. The molecule has 0 rings (SSSR count). The van der Waals surface area contributed by atoms with Crippen LogP contribution in [0.25, 0.3) is 0 Å². The summed E-state index contributed by atoms with van der Waals surface area (Å²) < 4.78 is 0. The molecule has 0 saturated carbocycles. The van der Waals surface area contributed by atoms with Crippen molar-refractivity contribution in [1.29, 1.82) is 0 Å². The van der Waals surface area contributed by atoms with E-state index in [-0.39, 0.29) is 17.9 Å². The Morgan fingerprint density at radius 2 is 0.789 bits per heavy atom. The van der Waals surface area contributed by atoms with Crippen LogP contribution in [0.3, 0.4) is 0 Å². The third kappa shape index (κ3) is 23.7. The molecule has 0 atom stereocenters. The van der Waals surface area contributed by atoms with Gasteiger partial charge in [-0.3, -0.25) is 0 Å². The number of hydrogen-bond donors (Lipinski definition) is 1. The third-order valence-electron chi connectivity index (χ3n) is 3.56. The minimum atomic E-state index is 0. The Bertz CT molecular complexity index is 120. The summed E-state index contributed by atoms with van der Waals surface area (Å²) in [6.07, 6.45) is 19.9. The monoisotopic (exact) mass is 295 g/mol. The summed E-state index contributed by atoms with van der Waals surface area (Å²) >= 11 is 0. The van der Waals surface area contributed by atoms with E-state index in [0.717, 1.165) is 6.54 Å². The summed E-state index contributed by atoms with van der Waals surface area (Å²) in [5.41, 5.74) is 5.47. The molecule has 0 bridgehead atoms. The van der Waals surface area contributed by atoms with Gasteiger partial charge in [-0.1, -0.05) is 90.4 Å². The standard InChI is InChI=1S/C16H35N.ClH.H2O/c1-2-3-4-5-6-7-8-9-10-11-12-13-14-15-16-17;;/h2-17H2,1H3;1H;1H2. The average Bonchev–Trinajstić information content (AvgIpc) is 2.35. The van der Waals surface area contributed by atoms with Gasteiger partial charge in [0, 0.05) is 0 Å². The molecule has 0 amide bonds. The van der Waals surface area contributed by atoms with Gasteiger partial charge in [0.1, 0.15) is 0 Å². The SMILES string of the molecule is CCCCCCCCCCCCCCCCN.Cl.O. The maximum atomic E-state index is 5.47. The van der Waals surface area contributed by atoms with Crippen molar-refractivity contribution in [1.82, 2.24) is 0 Å². The zero-order valence-corrected chi connectivity index (χ0v) is 13.9. The van der Waals surface area contributed by atoms with E-state index in [1.165, 1.54) is 89.9 Å². The van der Waals surface area contributed by atoms with E-state index in [2.05, 4.69) is 6.92 Å². The fourth-order valence-corrected chi connectivity index (χ4v) is 2.34. The van der Waals surface area contributed by atoms with Gasteiger partial charge in [0.15, 0.2) is 0 Å². The number of hydrogen-bond acceptors (Lipinski definition) is 1. The van der Waals surface area contributed by atoms with E-state index in [0.29, 0.717) is 0 Å². The Hall–Kier alpha value is 0.210. The van der Waals surface area contributed by atoms with Crippen LogP contribution in [0.1, 0.15) is 96.8 Å². The van der Waals surface area contributed by atoms with E-state index >= 15 is 0 Å². The number of nitrogens with two attached hydrogens (primary N) is 1. The lowest BCUT2D eigenvalue weighted by Gasteiger charge is -2.02. The maximum absolute atomic E-state index is 5.47. The highest BCUT2D eigenvalue weighted by molar-refractivity contribution is 5.85. The first kappa shape index (κ1) is 24.2. The molecule has 0 fully saturated rings. The highest BCUT2D eigenvalue weighted by Gasteiger charge is 1.93. The second kappa shape index (κ2) is 23.3. The Kier molecular flexibility index (Phi) is 29.7. The van der Waals surface area contributed by atoms with Crippen molar-refractivity contribution in [3.8, 4) is 0 Å². The Labute approximate surface area is 127 Å². The first-order valence-electron chi connectivity index (χ1n) is 8.12. The van der Waals surface area contributed by atoms with Gasteiger partial charge in [-0.05, 0) is 13.0 Å². The molecule has 120 valence electrons. The van der Waals surface area contributed by atoms with Crippen molar-refractivity contribution in [3.63, 3.8) is 0 Å². The van der Waals surface area contributed by atoms with Crippen LogP contribution in [0.5, 0.6) is 0 Å². The van der Waals surface area contributed by atoms with Crippen LogP contribution in [0.15, 0.2) is 0 Å². The molecule has 0 aliphatic carbocycles. The summed E-state index contributed by atoms with van der Waals surface area (Å²) in [7, 11) is 0. The maximum Gasteiger partial charge on any atom is -0.00773 e. The van der Waals surface area contributed by atoms with Crippen molar-refractivity contribution < 1.29 is 5.48 Å². The highest BCUT2D eigenvalue weighted by atomic mass is 35.5. The van der Waals surface area contributed by atoms with Crippen LogP contribution in [0.4, 0.5) is 0 Å². The number of rotatable bonds is 14. The molecule has 0 aliphatic rings. The predicted molar refractivity (Wildman–Crippen MR) is 90.2 cm³/mol. The molecule has 0 aromatic carbocycles. The lowest BCUT2D eigenvalue weighted by Crippen LogP contribution is -1.97. The largest absolute Gasteiger partial charge is 0.412 e. The first-order valence-corrected chi connectivity index (χ1v) is 8.12. The van der Waals surface area contributed by atoms with E-state index < -0.39 is 0 Å². The van der Waals surface area contributed by atoms with Gasteiger partial charge in [-0.2, -0.15) is 0 Å². The molecule has 0 spiro atoms. The normalized spacial score (nSPS) is 9.79. The van der Waals surface area contributed by atoms with E-state index in [4.69, 9.17) is 5.73 Å². The van der Waals surface area contributed by atoms with Crippen LogP contribution in [-0.4, -0.2) is 12.0 Å². The molecule has 0 aromatic heterocycles. The zero-order valence-electron chi connectivity index (χ0n) is 13.1. The molecule has 0 unspecified atom stereocenters. The summed E-state index contributed by atoms with van der Waals surface area (Å²) in [5.74, 6) is 0. The Morgan fingerprint density at radius 3 is 1.05 bits per heavy atom. The Morgan fingerprint density at radius 1 is 0.526 bits per heavy atom. The molecule has 0 aliphatic heterocycles. The van der Waals surface area contributed by atoms with Gasteiger partial charge >= 0.3 is 0 Å². The minimum Gasteiger partial charge on any atom is -0.412 e. The second-order valence-electron chi connectivity index (χ2n) is 5.38. The molecule has 0 saturated heterocycles. The van der Waals surface area contributed by atoms with Crippen LogP contribution in [-0.2, 0) is 0 Å². The third-order valence-corrected chi connectivity index (χ3v) is 3.56. The van der Waals surface area contributed by atoms with E-state index in [1.807, 2.05) is 0 Å². The molecular formula is C16H38ClNO. The summed E-state index contributed by atoms with van der Waals surface area (Å²) in [6, 6.07) is 0. The number of unbranched alkanes of at least 4 members (excludes halogenated alkanes) is 13. The summed E-state index contributed by atoms with van der Waals surface area (Å²) in [6.45, 7) is 3.16. The lowest BCUT2D eigenvalue weighted by molar-refractivity contribution is 0.536. The average molecular weight is 296 g/mol. The second-order valence-corrected chi connectivity index (χ2v) is 5.38. The van der Waals surface area contributed by atoms with Gasteiger partial charge < -0.3 is 11.2 Å². The van der Waals surface area contributed by atoms with Crippen molar-refractivity contribution >= 4 is 12.4 Å². The molecule has 2 nitrogen and oxygen atoms in total. The van der Waals surface area contributed by atoms with Gasteiger partial charge in [0.05, 0.1) is 0 Å². The van der Waals surface area contributed by atoms with Gasteiger partial charge in [-0.25, -0.2) is 0 Å². The van der Waals surface area contributed by atoms with Crippen molar-refractivity contribution in [2.24, 2.45) is 5.73 Å². The lowest BCUT2D eigenvalue weighted by atomic mass is 10.0. The minimum absolute atomic E-state index is 0. The predicted octanol–water partition coefficient (Wildman–Crippen LogP) is 5.02. The van der Waals surface area contributed by atoms with Gasteiger partial charge in [-0.15, -0.1) is 12.4 Å². The quantitative estimate of drug-likeness (QED) is 0.449. The molecule has 0 heterocycles. The fourth-order valence-electron chi connectivity index (χ4n) is 2.34. The molecule has 0 radical (unpaired) electrons. The fraction of sp³-hybridized carbons (Fsp3) is 1.00. The molecule has 4 N–H and O–H groups in total. The summed E-state index contributed by atoms with van der Waals surface area (Å²) in [4.78, 5) is 0. The van der Waals surface area contributed by atoms with E-state index in [1.54, 1.807) is 0 Å². The van der Waals surface area contributed by atoms with Crippen molar-refractivity contribution in [3.05, 3.63) is 0 Å². The topological polar surface area (TPSA) is 57.5 Å². The molecular weight excluding hydrogens is 258 g/mol. The zero-order chi connectivity index (χ0) is 12.6. The number of halogens is 1. The highest BCUT2D eigenvalue weighted by Crippen LogP contribution is 2.12. The molecule has 3 heteroatoms. The van der Waals surface area contributed by atoms with Crippen LogP contribution >= 0.6 is 12.4 Å². The van der Waals surface area contributed by atoms with Crippen molar-refractivity contribution in [2.75, 3.05) is 6.54 Å². The Balaban J connectivity index is -0.00000128. The van der Waals surface area contributed by atoms with Crippen LogP contribution in [0.2, 0.25) is 0 Å². The van der Waals surface area contributed by atoms with Crippen LogP contribution in [0, 0.1) is 0 Å². The molecule has 19 heavy (non-hydrogen) atoms. The van der Waals surface area contributed by atoms with Crippen molar-refractivity contribution in [2.45, 2.75) is 96.8 Å².